The van der Waals surface area contributed by atoms with E-state index >= 15 is 0 Å². The monoisotopic (exact) mass is 416 g/mol. The van der Waals surface area contributed by atoms with Gasteiger partial charge in [-0.05, 0) is 19.9 Å². The van der Waals surface area contributed by atoms with Gasteiger partial charge in [0.2, 0.25) is 16.9 Å². The standard InChI is InChI=1S/C18H28N2O7S/c1-17(2)11-26-18(3,4)27-15(17)16(25)20-8-7-12(21)19-9-10-28-14(24)6-5-13(22)23/h5-6,15H,7-11H2,1-4H3,(H,19,21)(H,20,25)(H,22,23)/t15-/m0/s1. The van der Waals surface area contributed by atoms with Crippen molar-refractivity contribution in [3.05, 3.63) is 12.2 Å². The number of thioether (sulfide) groups is 1. The van der Waals surface area contributed by atoms with E-state index in [1.54, 1.807) is 13.8 Å². The highest BCUT2D eigenvalue weighted by Crippen LogP contribution is 2.34. The first kappa shape index (κ1) is 24.1. The number of carbonyl (C=O) groups is 4. The zero-order valence-electron chi connectivity index (χ0n) is 16.6. The van der Waals surface area contributed by atoms with Crippen molar-refractivity contribution in [2.24, 2.45) is 5.41 Å². The summed E-state index contributed by atoms with van der Waals surface area (Å²) in [6, 6.07) is 0. The fourth-order valence-electron chi connectivity index (χ4n) is 2.33. The first-order chi connectivity index (χ1) is 12.9. The summed E-state index contributed by atoms with van der Waals surface area (Å²) in [5.74, 6) is -2.27. The van der Waals surface area contributed by atoms with Gasteiger partial charge in [0.1, 0.15) is 6.10 Å². The molecule has 28 heavy (non-hydrogen) atoms. The van der Waals surface area contributed by atoms with Crippen molar-refractivity contribution < 1.29 is 33.8 Å². The molecule has 0 aliphatic carbocycles. The molecule has 1 saturated heterocycles. The third kappa shape index (κ3) is 8.85. The first-order valence-electron chi connectivity index (χ1n) is 8.87. The molecule has 1 heterocycles. The molecule has 0 saturated carbocycles. The van der Waals surface area contributed by atoms with Gasteiger partial charge in [-0.2, -0.15) is 0 Å². The Morgan fingerprint density at radius 2 is 1.79 bits per heavy atom. The fourth-order valence-corrected chi connectivity index (χ4v) is 2.90. The summed E-state index contributed by atoms with van der Waals surface area (Å²) in [7, 11) is 0. The number of carboxylic acids is 1. The minimum Gasteiger partial charge on any atom is -0.478 e. The molecule has 1 atom stereocenters. The van der Waals surface area contributed by atoms with Crippen LogP contribution in [0.2, 0.25) is 0 Å². The van der Waals surface area contributed by atoms with Crippen LogP contribution in [0.4, 0.5) is 0 Å². The molecule has 158 valence electrons. The maximum Gasteiger partial charge on any atom is 0.328 e. The van der Waals surface area contributed by atoms with Crippen molar-refractivity contribution >= 4 is 34.7 Å². The van der Waals surface area contributed by atoms with Gasteiger partial charge in [-0.15, -0.1) is 0 Å². The predicted octanol–water partition coefficient (Wildman–Crippen LogP) is 0.687. The minimum absolute atomic E-state index is 0.0936. The van der Waals surface area contributed by atoms with E-state index in [0.717, 1.165) is 23.9 Å². The van der Waals surface area contributed by atoms with Crippen LogP contribution in [0.5, 0.6) is 0 Å². The molecule has 1 aliphatic heterocycles. The number of carboxylic acid groups (broad SMARTS) is 1. The van der Waals surface area contributed by atoms with Crippen LogP contribution in [0.15, 0.2) is 12.2 Å². The predicted molar refractivity (Wildman–Crippen MR) is 104 cm³/mol. The summed E-state index contributed by atoms with van der Waals surface area (Å²) in [5.41, 5.74) is -0.485. The van der Waals surface area contributed by atoms with Crippen LogP contribution < -0.4 is 10.6 Å². The van der Waals surface area contributed by atoms with E-state index in [0.29, 0.717) is 12.4 Å². The third-order valence-electron chi connectivity index (χ3n) is 3.82. The van der Waals surface area contributed by atoms with Crippen LogP contribution in [0, 0.1) is 5.41 Å². The molecule has 0 radical (unpaired) electrons. The van der Waals surface area contributed by atoms with Gasteiger partial charge < -0.3 is 25.2 Å². The molecule has 0 aromatic rings. The molecule has 0 spiro atoms. The quantitative estimate of drug-likeness (QED) is 0.370. The van der Waals surface area contributed by atoms with Crippen molar-refractivity contribution in [1.29, 1.82) is 0 Å². The Bertz CT molecular complexity index is 631. The van der Waals surface area contributed by atoms with E-state index in [2.05, 4.69) is 10.6 Å². The molecule has 1 fully saturated rings. The lowest BCUT2D eigenvalue weighted by Crippen LogP contribution is -2.56. The van der Waals surface area contributed by atoms with Crippen LogP contribution in [-0.4, -0.2) is 65.3 Å². The Morgan fingerprint density at radius 1 is 1.11 bits per heavy atom. The average Bonchev–Trinajstić information content (AvgIpc) is 2.59. The van der Waals surface area contributed by atoms with Gasteiger partial charge >= 0.3 is 5.97 Å². The molecular formula is C18H28N2O7S. The number of hydrogen-bond donors (Lipinski definition) is 3. The Labute approximate surface area is 168 Å². The largest absolute Gasteiger partial charge is 0.478 e. The summed E-state index contributed by atoms with van der Waals surface area (Å²) < 4.78 is 11.3. The molecule has 0 unspecified atom stereocenters. The molecule has 0 bridgehead atoms. The number of hydrogen-bond acceptors (Lipinski definition) is 7. The van der Waals surface area contributed by atoms with E-state index in [4.69, 9.17) is 14.6 Å². The molecule has 2 amide bonds. The van der Waals surface area contributed by atoms with Crippen molar-refractivity contribution in [2.45, 2.75) is 46.0 Å². The number of ether oxygens (including phenoxy) is 2. The molecule has 0 aromatic heterocycles. The van der Waals surface area contributed by atoms with Crippen molar-refractivity contribution in [2.75, 3.05) is 25.4 Å². The number of nitrogens with one attached hydrogen (secondary N) is 2. The Kier molecular flexibility index (Phi) is 9.12. The smallest absolute Gasteiger partial charge is 0.328 e. The highest BCUT2D eigenvalue weighted by Gasteiger charge is 2.45. The lowest BCUT2D eigenvalue weighted by molar-refractivity contribution is -0.304. The van der Waals surface area contributed by atoms with Gasteiger partial charge in [-0.1, -0.05) is 25.6 Å². The Morgan fingerprint density at radius 3 is 2.43 bits per heavy atom. The number of aliphatic carboxylic acids is 1. The second-order valence-corrected chi connectivity index (χ2v) is 8.50. The second kappa shape index (κ2) is 10.6. The van der Waals surface area contributed by atoms with Crippen molar-refractivity contribution in [1.82, 2.24) is 10.6 Å². The Balaban J connectivity index is 2.26. The Hall–Kier alpha value is -1.91. The molecule has 10 heteroatoms. The molecule has 0 aromatic carbocycles. The lowest BCUT2D eigenvalue weighted by atomic mass is 9.85. The molecular weight excluding hydrogens is 388 g/mol. The number of rotatable bonds is 9. The normalized spacial score (nSPS) is 20.5. The van der Waals surface area contributed by atoms with Gasteiger partial charge in [0, 0.05) is 36.8 Å². The molecule has 9 nitrogen and oxygen atoms in total. The minimum atomic E-state index is -1.19. The SMILES string of the molecule is CC1(C)OCC(C)(C)[C@H](C(=O)NCCC(=O)NCCSC(=O)C=CC(=O)O)O1. The topological polar surface area (TPSA) is 131 Å². The van der Waals surface area contributed by atoms with Crippen molar-refractivity contribution in [3.8, 4) is 0 Å². The van der Waals surface area contributed by atoms with E-state index in [1.165, 1.54) is 0 Å². The summed E-state index contributed by atoms with van der Waals surface area (Å²) in [6.07, 6.45) is 1.14. The maximum atomic E-state index is 12.4. The highest BCUT2D eigenvalue weighted by atomic mass is 32.2. The van der Waals surface area contributed by atoms with Gasteiger partial charge in [0.25, 0.3) is 0 Å². The third-order valence-corrected chi connectivity index (χ3v) is 4.65. The number of carbonyl (C=O) groups excluding carboxylic acids is 3. The fraction of sp³-hybridized carbons (Fsp3) is 0.667. The molecule has 1 rings (SSSR count). The highest BCUT2D eigenvalue weighted by molar-refractivity contribution is 8.14. The van der Waals surface area contributed by atoms with Gasteiger partial charge in [0.05, 0.1) is 6.61 Å². The van der Waals surface area contributed by atoms with E-state index < -0.39 is 28.4 Å². The van der Waals surface area contributed by atoms with Crippen LogP contribution in [-0.2, 0) is 28.7 Å². The zero-order valence-corrected chi connectivity index (χ0v) is 17.4. The molecule has 3 N–H and O–H groups in total. The summed E-state index contributed by atoms with van der Waals surface area (Å²) in [5, 5.41) is 13.4. The van der Waals surface area contributed by atoms with Crippen LogP contribution >= 0.6 is 11.8 Å². The van der Waals surface area contributed by atoms with Crippen LogP contribution in [0.25, 0.3) is 0 Å². The van der Waals surface area contributed by atoms with Crippen molar-refractivity contribution in [3.63, 3.8) is 0 Å². The summed E-state index contributed by atoms with van der Waals surface area (Å²) >= 11 is 0.906. The maximum absolute atomic E-state index is 12.4. The average molecular weight is 416 g/mol. The second-order valence-electron chi connectivity index (χ2n) is 7.41. The van der Waals surface area contributed by atoms with Crippen LogP contribution in [0.3, 0.4) is 0 Å². The van der Waals surface area contributed by atoms with E-state index in [9.17, 15) is 19.2 Å². The van der Waals surface area contributed by atoms with Crippen LogP contribution in [0.1, 0.15) is 34.1 Å². The summed E-state index contributed by atoms with van der Waals surface area (Å²) in [4.78, 5) is 45.8. The van der Waals surface area contributed by atoms with Gasteiger partial charge in [-0.25, -0.2) is 4.79 Å². The number of amides is 2. The van der Waals surface area contributed by atoms with Gasteiger partial charge in [-0.3, -0.25) is 14.4 Å². The lowest BCUT2D eigenvalue weighted by Gasteiger charge is -2.44. The molecule has 1 aliphatic rings. The van der Waals surface area contributed by atoms with Gasteiger partial charge in [0.15, 0.2) is 5.79 Å². The van der Waals surface area contributed by atoms with E-state index in [1.807, 2.05) is 13.8 Å². The van der Waals surface area contributed by atoms with E-state index in [-0.39, 0.29) is 31.3 Å². The zero-order chi connectivity index (χ0) is 21.4. The first-order valence-corrected chi connectivity index (χ1v) is 9.85. The summed E-state index contributed by atoms with van der Waals surface area (Å²) in [6.45, 7) is 8.06.